The summed E-state index contributed by atoms with van der Waals surface area (Å²) in [5.74, 6) is 0. The lowest BCUT2D eigenvalue weighted by molar-refractivity contribution is -0.142. The molecule has 16 heteroatoms. The van der Waals surface area contributed by atoms with Crippen LogP contribution in [0.3, 0.4) is 0 Å². The minimum Gasteiger partial charge on any atom is -0.400 e. The maximum Gasteiger partial charge on any atom is 0.435 e. The number of aryl methyl sites for hydroxylation is 3. The third kappa shape index (κ3) is 4.28. The molecule has 170 valence electrons. The second-order valence-electron chi connectivity index (χ2n) is 6.93. The van der Waals surface area contributed by atoms with Crippen molar-refractivity contribution in [3.63, 3.8) is 0 Å². The first-order valence-corrected chi connectivity index (χ1v) is 8.57. The van der Waals surface area contributed by atoms with Gasteiger partial charge in [0, 0.05) is 0 Å². The molecule has 3 aromatic heterocycles. The Labute approximate surface area is 168 Å². The van der Waals surface area contributed by atoms with Crippen LogP contribution in [0.2, 0.25) is 0 Å². The van der Waals surface area contributed by atoms with Crippen molar-refractivity contribution in [3.8, 4) is 0 Å². The molecule has 6 nitrogen and oxygen atoms in total. The van der Waals surface area contributed by atoms with E-state index in [1.54, 1.807) is 0 Å². The topological polar surface area (TPSA) is 53.5 Å². The average Bonchev–Trinajstić information content (AvgIpc) is 3.26. The predicted molar refractivity (Wildman–Crippen MR) is 89.2 cm³/mol. The summed E-state index contributed by atoms with van der Waals surface area (Å²) in [6.07, 6.45) is -14.6. The first-order valence-electron chi connectivity index (χ1n) is 8.57. The minimum absolute atomic E-state index is 0.153. The molecule has 0 saturated carbocycles. The number of hydrogen-bond acceptors (Lipinski definition) is 3. The van der Waals surface area contributed by atoms with Crippen LogP contribution in [0.5, 0.6) is 0 Å². The summed E-state index contributed by atoms with van der Waals surface area (Å²) in [7, 11) is -2.92. The van der Waals surface area contributed by atoms with Crippen LogP contribution in [-0.2, 0) is 18.5 Å². The Morgan fingerprint density at radius 3 is 0.935 bits per heavy atom. The van der Waals surface area contributed by atoms with Crippen LogP contribution in [0.15, 0.2) is 18.2 Å². The molecule has 3 rings (SSSR count). The fourth-order valence-electron chi connectivity index (χ4n) is 3.19. The maximum absolute atomic E-state index is 13.1. The fraction of sp³-hybridized carbons (Fsp3) is 0.400. The molecule has 0 aliphatic rings. The zero-order valence-electron chi connectivity index (χ0n) is 16.0. The van der Waals surface area contributed by atoms with Crippen LogP contribution in [0.4, 0.5) is 39.5 Å². The number of aromatic nitrogens is 6. The Hall–Kier alpha value is -2.94. The van der Waals surface area contributed by atoms with Gasteiger partial charge in [0.15, 0.2) is 17.1 Å². The molecule has 0 fully saturated rings. The van der Waals surface area contributed by atoms with Gasteiger partial charge in [0.1, 0.15) is 0 Å². The largest absolute Gasteiger partial charge is 0.435 e. The Bertz CT molecular complexity index is 964. The summed E-state index contributed by atoms with van der Waals surface area (Å²) >= 11 is 0. The smallest absolute Gasteiger partial charge is 0.400 e. The highest BCUT2D eigenvalue weighted by Gasteiger charge is 2.38. The van der Waals surface area contributed by atoms with E-state index in [1.807, 2.05) is 0 Å². The maximum atomic E-state index is 13.1. The third-order valence-corrected chi connectivity index (χ3v) is 4.62. The van der Waals surface area contributed by atoms with Crippen LogP contribution in [-0.4, -0.2) is 36.2 Å². The lowest BCUT2D eigenvalue weighted by Crippen LogP contribution is -2.46. The first-order chi connectivity index (χ1) is 14.0. The molecule has 0 spiro atoms. The van der Waals surface area contributed by atoms with Crippen LogP contribution in [0.1, 0.15) is 34.2 Å². The van der Waals surface area contributed by atoms with Crippen LogP contribution in [0, 0.1) is 20.8 Å². The van der Waals surface area contributed by atoms with Crippen LogP contribution in [0.25, 0.3) is 0 Å². The molecule has 3 heterocycles. The Kier molecular flexibility index (Phi) is 5.17. The van der Waals surface area contributed by atoms with Gasteiger partial charge in [-0.3, -0.25) is 0 Å². The van der Waals surface area contributed by atoms with Gasteiger partial charge in [0.05, 0.1) is 0 Å². The van der Waals surface area contributed by atoms with E-state index in [0.717, 1.165) is 0 Å². The molecule has 0 saturated heterocycles. The van der Waals surface area contributed by atoms with Crippen molar-refractivity contribution in [1.82, 2.24) is 29.1 Å². The molecule has 0 amide bonds. The highest BCUT2D eigenvalue weighted by atomic mass is 19.4. The summed E-state index contributed by atoms with van der Waals surface area (Å²) in [6.45, 7) is 3.57. The van der Waals surface area contributed by atoms with Crippen molar-refractivity contribution >= 4 is 7.12 Å². The van der Waals surface area contributed by atoms with Crippen molar-refractivity contribution in [2.24, 2.45) is 0 Å². The molecule has 0 unspecified atom stereocenters. The van der Waals surface area contributed by atoms with E-state index in [4.69, 9.17) is 0 Å². The Morgan fingerprint density at radius 1 is 0.548 bits per heavy atom. The number of alkyl halides is 9. The second-order valence-corrected chi connectivity index (χ2v) is 6.93. The lowest BCUT2D eigenvalue weighted by atomic mass is 9.93. The van der Waals surface area contributed by atoms with Crippen LogP contribution >= 0.6 is 0 Å². The van der Waals surface area contributed by atoms with E-state index in [1.165, 1.54) is 20.8 Å². The average molecular weight is 459 g/mol. The van der Waals surface area contributed by atoms with E-state index >= 15 is 0 Å². The normalized spacial score (nSPS) is 13.5. The fourth-order valence-corrected chi connectivity index (χ4v) is 3.19. The molecular formula is C15H13BF9N6-. The molecule has 0 aromatic carbocycles. The van der Waals surface area contributed by atoms with Crippen molar-refractivity contribution < 1.29 is 39.5 Å². The van der Waals surface area contributed by atoms with Crippen molar-refractivity contribution in [2.75, 3.05) is 0 Å². The molecule has 0 N–H and O–H groups in total. The molecule has 0 bridgehead atoms. The number of nitrogens with zero attached hydrogens (tertiary/aromatic N) is 6. The van der Waals surface area contributed by atoms with E-state index < -0.39 is 42.7 Å². The van der Waals surface area contributed by atoms with Crippen LogP contribution < -0.4 is 0 Å². The van der Waals surface area contributed by atoms with E-state index in [-0.39, 0.29) is 17.1 Å². The summed E-state index contributed by atoms with van der Waals surface area (Å²) in [6, 6.07) is 1.90. The highest BCUT2D eigenvalue weighted by molar-refractivity contribution is 6.53. The van der Waals surface area contributed by atoms with Gasteiger partial charge in [0.2, 0.25) is 0 Å². The minimum atomic E-state index is -4.88. The number of halogens is 9. The van der Waals surface area contributed by atoms with Gasteiger partial charge >= 0.3 is 25.6 Å². The lowest BCUT2D eigenvalue weighted by Gasteiger charge is -2.31. The summed E-state index contributed by atoms with van der Waals surface area (Å²) in [5, 5.41) is 10.2. The highest BCUT2D eigenvalue weighted by Crippen LogP contribution is 2.32. The summed E-state index contributed by atoms with van der Waals surface area (Å²) < 4.78 is 120. The van der Waals surface area contributed by atoms with Gasteiger partial charge in [-0.25, -0.2) is 15.3 Å². The molecular weight excluding hydrogens is 446 g/mol. The summed E-state index contributed by atoms with van der Waals surface area (Å²) in [4.78, 5) is 0. The number of hydrogen-bond donors (Lipinski definition) is 0. The van der Waals surface area contributed by atoms with Gasteiger partial charge in [0.25, 0.3) is 0 Å². The monoisotopic (exact) mass is 459 g/mol. The Morgan fingerprint density at radius 2 is 0.774 bits per heavy atom. The quantitative estimate of drug-likeness (QED) is 0.441. The van der Waals surface area contributed by atoms with Gasteiger partial charge < -0.3 is 13.8 Å². The van der Waals surface area contributed by atoms with E-state index in [9.17, 15) is 39.5 Å². The van der Waals surface area contributed by atoms with E-state index in [0.29, 0.717) is 32.0 Å². The third-order valence-electron chi connectivity index (χ3n) is 4.62. The molecule has 0 aliphatic carbocycles. The zero-order valence-corrected chi connectivity index (χ0v) is 16.0. The zero-order chi connectivity index (χ0) is 23.5. The SMILES string of the molecule is Cc1cc(C(F)(F)F)nn1[BH-](n1nc(C(F)(F)F)cc1C)n1nc(C(F)(F)F)cc1C. The van der Waals surface area contributed by atoms with Crippen molar-refractivity contribution in [3.05, 3.63) is 52.4 Å². The van der Waals surface area contributed by atoms with Gasteiger partial charge in [-0.2, -0.15) is 39.5 Å². The van der Waals surface area contributed by atoms with Gasteiger partial charge in [-0.15, -0.1) is 0 Å². The predicted octanol–water partition coefficient (Wildman–Crippen LogP) is 3.92. The second kappa shape index (κ2) is 7.05. The van der Waals surface area contributed by atoms with Crippen molar-refractivity contribution in [2.45, 2.75) is 39.3 Å². The molecule has 0 radical (unpaired) electrons. The summed E-state index contributed by atoms with van der Waals surface area (Å²) in [5.41, 5.74) is -4.53. The van der Waals surface area contributed by atoms with E-state index in [2.05, 4.69) is 15.3 Å². The molecule has 3 aromatic rings. The molecule has 0 aliphatic heterocycles. The standard InChI is InChI=1S/C15H13BF9N6/c1-7-4-10(13(17,18)19)26-29(7)16(30-8(2)5-11(27-30)14(20,21)22)31-9(3)6-12(28-31)15(23,24)25/h4-6,16H,1-3H3/q-1. The van der Waals surface area contributed by atoms with Gasteiger partial charge in [-0.1, -0.05) is 0 Å². The first kappa shape index (κ1) is 22.7. The molecule has 0 atom stereocenters. The Balaban J connectivity index is 2.28. The molecule has 31 heavy (non-hydrogen) atoms. The van der Waals surface area contributed by atoms with Gasteiger partial charge in [-0.05, 0) is 56.1 Å². The number of rotatable bonds is 3. The van der Waals surface area contributed by atoms with Crippen molar-refractivity contribution in [1.29, 1.82) is 0 Å².